The number of aliphatic carboxylic acids is 1. The van der Waals surface area contributed by atoms with Gasteiger partial charge in [-0.3, -0.25) is 4.79 Å². The Morgan fingerprint density at radius 1 is 1.07 bits per heavy atom. The molecule has 1 aromatic carbocycles. The third kappa shape index (κ3) is 6.36. The summed E-state index contributed by atoms with van der Waals surface area (Å²) in [6.45, 7) is 7.50. The van der Waals surface area contributed by atoms with Gasteiger partial charge in [0.1, 0.15) is 5.54 Å². The first-order valence-electron chi connectivity index (χ1n) is 8.19. The summed E-state index contributed by atoms with van der Waals surface area (Å²) in [5.41, 5.74) is -2.19. The van der Waals surface area contributed by atoms with Crippen LogP contribution in [-0.4, -0.2) is 45.2 Å². The van der Waals surface area contributed by atoms with Crippen molar-refractivity contribution in [3.05, 3.63) is 23.8 Å². The molecule has 0 saturated heterocycles. The van der Waals surface area contributed by atoms with E-state index in [4.69, 9.17) is 9.47 Å². The largest absolute Gasteiger partial charge is 0.504 e. The Hall–Kier alpha value is -2.97. The number of carbonyl (C=O) groups excluding carboxylic acids is 2. The van der Waals surface area contributed by atoms with Crippen LogP contribution in [0.4, 0.5) is 4.79 Å². The van der Waals surface area contributed by atoms with Crippen molar-refractivity contribution in [2.24, 2.45) is 5.41 Å². The van der Waals surface area contributed by atoms with Crippen LogP contribution in [0, 0.1) is 5.41 Å². The van der Waals surface area contributed by atoms with Crippen LogP contribution in [0.1, 0.15) is 40.2 Å². The number of carboxylic acid groups (broad SMARTS) is 1. The smallest absolute Gasteiger partial charge is 0.411 e. The molecule has 1 rings (SSSR count). The van der Waals surface area contributed by atoms with Crippen molar-refractivity contribution in [1.29, 1.82) is 0 Å². The molecule has 0 aliphatic rings. The van der Waals surface area contributed by atoms with E-state index in [0.717, 1.165) is 0 Å². The van der Waals surface area contributed by atoms with Gasteiger partial charge in [0.05, 0.1) is 5.41 Å². The molecule has 27 heavy (non-hydrogen) atoms. The molecule has 0 aliphatic heterocycles. The molecule has 0 radical (unpaired) electrons. The second-order valence-electron chi connectivity index (χ2n) is 7.39. The summed E-state index contributed by atoms with van der Waals surface area (Å²) in [6, 6.07) is 3.81. The van der Waals surface area contributed by atoms with E-state index in [1.54, 1.807) is 20.8 Å². The first-order chi connectivity index (χ1) is 12.2. The molecule has 0 aromatic heterocycles. The second kappa shape index (κ2) is 8.15. The van der Waals surface area contributed by atoms with Crippen LogP contribution in [0.2, 0.25) is 0 Å². The van der Waals surface area contributed by atoms with Gasteiger partial charge in [-0.25, -0.2) is 9.59 Å². The molecule has 0 spiro atoms. The highest BCUT2D eigenvalue weighted by atomic mass is 16.7. The Bertz CT molecular complexity index is 725. The molecule has 1 unspecified atom stereocenters. The van der Waals surface area contributed by atoms with Crippen molar-refractivity contribution >= 4 is 18.0 Å². The number of phenols is 2. The second-order valence-corrected chi connectivity index (χ2v) is 7.39. The Kier molecular flexibility index (Phi) is 6.66. The standard InChI is InChI=1S/C18H25NO8/c1-10(26-15(24)17(2,3)4)27-16(25)19-18(5,14(22)23)9-11-6-7-12(20)13(21)8-11/h6-8,10,20-21H,9H2,1-5H3,(H,19,25)(H,22,23)/t10?,18-/m0/s1. The van der Waals surface area contributed by atoms with Crippen molar-refractivity contribution in [1.82, 2.24) is 5.32 Å². The number of rotatable bonds is 6. The van der Waals surface area contributed by atoms with E-state index >= 15 is 0 Å². The average Bonchev–Trinajstić information content (AvgIpc) is 2.49. The Labute approximate surface area is 156 Å². The monoisotopic (exact) mass is 383 g/mol. The number of phenolic OH excluding ortho intramolecular Hbond substituents is 2. The molecule has 2 atom stereocenters. The van der Waals surface area contributed by atoms with E-state index in [2.05, 4.69) is 5.32 Å². The van der Waals surface area contributed by atoms with E-state index in [0.29, 0.717) is 5.56 Å². The van der Waals surface area contributed by atoms with Crippen molar-refractivity contribution in [2.75, 3.05) is 0 Å². The number of amides is 1. The summed E-state index contributed by atoms with van der Waals surface area (Å²) in [5, 5.41) is 30.6. The van der Waals surface area contributed by atoms with Crippen molar-refractivity contribution in [3.8, 4) is 11.5 Å². The Morgan fingerprint density at radius 2 is 1.67 bits per heavy atom. The van der Waals surface area contributed by atoms with E-state index in [1.165, 1.54) is 32.0 Å². The van der Waals surface area contributed by atoms with E-state index in [9.17, 15) is 29.7 Å². The number of hydrogen-bond donors (Lipinski definition) is 4. The first kappa shape index (κ1) is 22.1. The zero-order valence-electron chi connectivity index (χ0n) is 15.9. The molecule has 0 saturated carbocycles. The van der Waals surface area contributed by atoms with Crippen LogP contribution in [0.3, 0.4) is 0 Å². The summed E-state index contributed by atoms with van der Waals surface area (Å²) in [4.78, 5) is 35.5. The topological polar surface area (TPSA) is 142 Å². The highest BCUT2D eigenvalue weighted by Gasteiger charge is 2.36. The van der Waals surface area contributed by atoms with Gasteiger partial charge in [-0.2, -0.15) is 0 Å². The average molecular weight is 383 g/mol. The predicted octanol–water partition coefficient (Wildman–Crippen LogP) is 2.15. The molecule has 0 heterocycles. The van der Waals surface area contributed by atoms with Crippen LogP contribution in [-0.2, 0) is 25.5 Å². The zero-order valence-corrected chi connectivity index (χ0v) is 15.9. The number of aromatic hydroxyl groups is 2. The van der Waals surface area contributed by atoms with Gasteiger partial charge >= 0.3 is 18.0 Å². The first-order valence-corrected chi connectivity index (χ1v) is 8.19. The van der Waals surface area contributed by atoms with Gasteiger partial charge in [0.25, 0.3) is 0 Å². The minimum Gasteiger partial charge on any atom is -0.504 e. The lowest BCUT2D eigenvalue weighted by molar-refractivity contribution is -0.174. The maximum atomic E-state index is 12.0. The van der Waals surface area contributed by atoms with Gasteiger partial charge in [0, 0.05) is 13.3 Å². The molecule has 1 aromatic rings. The number of carboxylic acids is 1. The van der Waals surface area contributed by atoms with Crippen molar-refractivity contribution in [3.63, 3.8) is 0 Å². The molecule has 0 fully saturated rings. The minimum atomic E-state index is -1.77. The quantitative estimate of drug-likeness (QED) is 0.332. The van der Waals surface area contributed by atoms with Crippen molar-refractivity contribution in [2.45, 2.75) is 52.9 Å². The molecular weight excluding hydrogens is 358 g/mol. The fourth-order valence-electron chi connectivity index (χ4n) is 2.02. The molecule has 9 nitrogen and oxygen atoms in total. The van der Waals surface area contributed by atoms with Crippen LogP contribution < -0.4 is 5.32 Å². The lowest BCUT2D eigenvalue weighted by atomic mass is 9.93. The van der Waals surface area contributed by atoms with Crippen LogP contribution in [0.25, 0.3) is 0 Å². The molecule has 4 N–H and O–H groups in total. The highest BCUT2D eigenvalue weighted by molar-refractivity contribution is 5.84. The van der Waals surface area contributed by atoms with Gasteiger partial charge in [0.2, 0.25) is 6.29 Å². The number of hydrogen-bond acceptors (Lipinski definition) is 7. The molecular formula is C18H25NO8. The minimum absolute atomic E-state index is 0.193. The zero-order chi connectivity index (χ0) is 21.0. The molecule has 0 bridgehead atoms. The van der Waals surface area contributed by atoms with Gasteiger partial charge in [-0.05, 0) is 45.4 Å². The third-order valence-electron chi connectivity index (χ3n) is 3.61. The lowest BCUT2D eigenvalue weighted by Gasteiger charge is -2.27. The summed E-state index contributed by atoms with van der Waals surface area (Å²) in [6.07, 6.45) is -2.49. The fraction of sp³-hybridized carbons (Fsp3) is 0.500. The van der Waals surface area contributed by atoms with E-state index in [-0.39, 0.29) is 12.2 Å². The van der Waals surface area contributed by atoms with E-state index < -0.39 is 41.0 Å². The normalized spacial score (nSPS) is 14.6. The summed E-state index contributed by atoms with van der Waals surface area (Å²) < 4.78 is 9.87. The summed E-state index contributed by atoms with van der Waals surface area (Å²) >= 11 is 0. The van der Waals surface area contributed by atoms with Gasteiger partial charge < -0.3 is 30.1 Å². The van der Waals surface area contributed by atoms with E-state index in [1.807, 2.05) is 0 Å². The number of ether oxygens (including phenoxy) is 2. The van der Waals surface area contributed by atoms with Gasteiger partial charge in [-0.15, -0.1) is 0 Å². The predicted molar refractivity (Wildman–Crippen MR) is 94.1 cm³/mol. The molecule has 150 valence electrons. The lowest BCUT2D eigenvalue weighted by Crippen LogP contribution is -2.54. The summed E-state index contributed by atoms with van der Waals surface area (Å²) in [5.74, 6) is -2.68. The van der Waals surface area contributed by atoms with Crippen LogP contribution >= 0.6 is 0 Å². The third-order valence-corrected chi connectivity index (χ3v) is 3.61. The SMILES string of the molecule is CC(OC(=O)N[C@@](C)(Cc1ccc(O)c(O)c1)C(=O)O)OC(=O)C(C)(C)C. The number of alkyl carbamates (subject to hydrolysis) is 1. The van der Waals surface area contributed by atoms with Crippen LogP contribution in [0.15, 0.2) is 18.2 Å². The van der Waals surface area contributed by atoms with Gasteiger partial charge in [0.15, 0.2) is 11.5 Å². The highest BCUT2D eigenvalue weighted by Crippen LogP contribution is 2.27. The number of nitrogens with one attached hydrogen (secondary N) is 1. The van der Waals surface area contributed by atoms with Crippen molar-refractivity contribution < 1.29 is 39.2 Å². The van der Waals surface area contributed by atoms with Crippen LogP contribution in [0.5, 0.6) is 11.5 Å². The molecule has 1 amide bonds. The molecule has 0 aliphatic carbocycles. The number of benzene rings is 1. The summed E-state index contributed by atoms with van der Waals surface area (Å²) in [7, 11) is 0. The number of esters is 1. The maximum Gasteiger partial charge on any atom is 0.411 e. The Balaban J connectivity index is 2.80. The fourth-order valence-corrected chi connectivity index (χ4v) is 2.02. The molecule has 9 heteroatoms. The Morgan fingerprint density at radius 3 is 2.15 bits per heavy atom. The maximum absolute atomic E-state index is 12.0. The number of carbonyl (C=O) groups is 3. The van der Waals surface area contributed by atoms with Gasteiger partial charge in [-0.1, -0.05) is 6.07 Å².